The molecule has 0 atom stereocenters. The van der Waals surface area contributed by atoms with E-state index in [0.717, 1.165) is 42.9 Å². The van der Waals surface area contributed by atoms with Crippen LogP contribution in [0.4, 0.5) is 0 Å². The van der Waals surface area contributed by atoms with Crippen LogP contribution in [0.5, 0.6) is 0 Å². The highest BCUT2D eigenvalue weighted by atomic mass is 32.1. The normalized spacial score (nSPS) is 9.95. The molecule has 0 saturated carbocycles. The van der Waals surface area contributed by atoms with Crippen LogP contribution in [-0.4, -0.2) is 18.8 Å². The summed E-state index contributed by atoms with van der Waals surface area (Å²) in [7, 11) is 0. The van der Waals surface area contributed by atoms with E-state index in [0.29, 0.717) is 5.75 Å². The van der Waals surface area contributed by atoms with Gasteiger partial charge in [0.1, 0.15) is 0 Å². The maximum absolute atomic E-state index is 4.15. The second kappa shape index (κ2) is 9.56. The molecule has 0 bridgehead atoms. The fraction of sp³-hybridized carbons (Fsp3) is 0.375. The summed E-state index contributed by atoms with van der Waals surface area (Å²) in [5, 5.41) is 6.61. The highest BCUT2D eigenvalue weighted by Gasteiger charge is 1.96. The van der Waals surface area contributed by atoms with Crippen molar-refractivity contribution >= 4 is 18.3 Å². The van der Waals surface area contributed by atoms with Gasteiger partial charge in [-0.1, -0.05) is 43.5 Å². The molecule has 0 fully saturated rings. The molecule has 0 saturated heterocycles. The lowest BCUT2D eigenvalue weighted by atomic mass is 10.1. The van der Waals surface area contributed by atoms with Gasteiger partial charge < -0.3 is 10.6 Å². The summed E-state index contributed by atoms with van der Waals surface area (Å²) in [6, 6.07) is 10.2. The van der Waals surface area contributed by atoms with Crippen molar-refractivity contribution in [3.05, 3.63) is 54.8 Å². The van der Waals surface area contributed by atoms with Gasteiger partial charge in [0.15, 0.2) is 0 Å². The molecule has 104 valence electrons. The van der Waals surface area contributed by atoms with Crippen LogP contribution >= 0.6 is 12.6 Å². The van der Waals surface area contributed by atoms with E-state index >= 15 is 0 Å². The molecule has 0 heterocycles. The van der Waals surface area contributed by atoms with E-state index in [1.807, 2.05) is 18.2 Å². The van der Waals surface area contributed by atoms with E-state index in [1.54, 1.807) is 0 Å². The van der Waals surface area contributed by atoms with Crippen molar-refractivity contribution in [2.75, 3.05) is 18.8 Å². The Morgan fingerprint density at radius 3 is 2.21 bits per heavy atom. The van der Waals surface area contributed by atoms with Gasteiger partial charge in [-0.05, 0) is 24.8 Å². The van der Waals surface area contributed by atoms with Crippen molar-refractivity contribution in [1.82, 2.24) is 10.6 Å². The molecule has 0 radical (unpaired) electrons. The van der Waals surface area contributed by atoms with Crippen LogP contribution in [0.1, 0.15) is 24.8 Å². The zero-order valence-corrected chi connectivity index (χ0v) is 12.4. The van der Waals surface area contributed by atoms with Crippen LogP contribution in [0.25, 0.3) is 5.70 Å². The standard InChI is InChI=1S/C16H24N2S/c1-14(13-19)17-11-7-4-8-12-18-15(2)16-9-5-3-6-10-16/h3,5-6,9-10,17-19H,1-2,4,7-8,11-13H2. The smallest absolute Gasteiger partial charge is 0.0340 e. The Kier molecular flexibility index (Phi) is 7.91. The Balaban J connectivity index is 2.02. The summed E-state index contributed by atoms with van der Waals surface area (Å²) in [6.07, 6.45) is 3.51. The molecule has 0 amide bonds. The van der Waals surface area contributed by atoms with Crippen molar-refractivity contribution in [3.8, 4) is 0 Å². The van der Waals surface area contributed by atoms with Gasteiger partial charge in [-0.15, -0.1) is 0 Å². The van der Waals surface area contributed by atoms with Gasteiger partial charge in [-0.3, -0.25) is 0 Å². The molecular formula is C16H24N2S. The van der Waals surface area contributed by atoms with Crippen LogP contribution in [0.3, 0.4) is 0 Å². The number of rotatable bonds is 10. The minimum atomic E-state index is 0.707. The zero-order valence-electron chi connectivity index (χ0n) is 11.5. The van der Waals surface area contributed by atoms with Gasteiger partial charge >= 0.3 is 0 Å². The molecule has 1 aromatic carbocycles. The first-order valence-corrected chi connectivity index (χ1v) is 7.38. The van der Waals surface area contributed by atoms with Gasteiger partial charge in [0.25, 0.3) is 0 Å². The molecule has 0 aliphatic rings. The fourth-order valence-corrected chi connectivity index (χ4v) is 1.84. The molecule has 1 aromatic rings. The fourth-order valence-electron chi connectivity index (χ4n) is 1.73. The van der Waals surface area contributed by atoms with Crippen molar-refractivity contribution < 1.29 is 0 Å². The number of hydrogen-bond acceptors (Lipinski definition) is 3. The monoisotopic (exact) mass is 276 g/mol. The summed E-state index contributed by atoms with van der Waals surface area (Å²) in [5.74, 6) is 0.707. The molecule has 2 N–H and O–H groups in total. The van der Waals surface area contributed by atoms with Crippen molar-refractivity contribution in [3.63, 3.8) is 0 Å². The summed E-state index contributed by atoms with van der Waals surface area (Å²) in [5.41, 5.74) is 3.16. The molecule has 0 aliphatic carbocycles. The highest BCUT2D eigenvalue weighted by molar-refractivity contribution is 7.80. The summed E-state index contributed by atoms with van der Waals surface area (Å²) < 4.78 is 0. The molecule has 1 rings (SSSR count). The molecule has 3 heteroatoms. The van der Waals surface area contributed by atoms with Gasteiger partial charge in [-0.2, -0.15) is 12.6 Å². The second-order valence-corrected chi connectivity index (χ2v) is 4.84. The van der Waals surface area contributed by atoms with Gasteiger partial charge in [-0.25, -0.2) is 0 Å². The van der Waals surface area contributed by atoms with Gasteiger partial charge in [0, 0.05) is 30.2 Å². The van der Waals surface area contributed by atoms with E-state index in [2.05, 4.69) is 48.6 Å². The Morgan fingerprint density at radius 1 is 0.947 bits per heavy atom. The number of hydrogen-bond donors (Lipinski definition) is 3. The van der Waals surface area contributed by atoms with Crippen molar-refractivity contribution in [2.24, 2.45) is 0 Å². The predicted molar refractivity (Wildman–Crippen MR) is 88.3 cm³/mol. The van der Waals surface area contributed by atoms with Crippen LogP contribution in [-0.2, 0) is 0 Å². The lowest BCUT2D eigenvalue weighted by molar-refractivity contribution is 0.633. The van der Waals surface area contributed by atoms with E-state index in [1.165, 1.54) is 6.42 Å². The van der Waals surface area contributed by atoms with Gasteiger partial charge in [0.05, 0.1) is 0 Å². The Morgan fingerprint density at radius 2 is 1.58 bits per heavy atom. The molecule has 2 nitrogen and oxygen atoms in total. The van der Waals surface area contributed by atoms with E-state index in [4.69, 9.17) is 0 Å². The molecular weight excluding hydrogens is 252 g/mol. The third-order valence-electron chi connectivity index (χ3n) is 2.88. The summed E-state index contributed by atoms with van der Waals surface area (Å²) >= 11 is 4.15. The topological polar surface area (TPSA) is 24.1 Å². The second-order valence-electron chi connectivity index (χ2n) is 4.52. The first kappa shape index (κ1) is 15.7. The minimum Gasteiger partial charge on any atom is -0.388 e. The summed E-state index contributed by atoms with van der Waals surface area (Å²) in [6.45, 7) is 9.86. The lowest BCUT2D eigenvalue weighted by Crippen LogP contribution is -2.16. The summed E-state index contributed by atoms with van der Waals surface area (Å²) in [4.78, 5) is 0. The Bertz CT molecular complexity index is 387. The molecule has 0 aliphatic heterocycles. The average molecular weight is 276 g/mol. The molecule has 0 spiro atoms. The van der Waals surface area contributed by atoms with Gasteiger partial charge in [0.2, 0.25) is 0 Å². The lowest BCUT2D eigenvalue weighted by Gasteiger charge is -2.10. The predicted octanol–water partition coefficient (Wildman–Crippen LogP) is 3.45. The maximum atomic E-state index is 4.15. The SMILES string of the molecule is C=C(CS)NCCCCCNC(=C)c1ccccc1. The average Bonchev–Trinajstić information content (AvgIpc) is 2.46. The first-order valence-electron chi connectivity index (χ1n) is 6.74. The number of nitrogens with one attached hydrogen (secondary N) is 2. The maximum Gasteiger partial charge on any atom is 0.0340 e. The highest BCUT2D eigenvalue weighted by Crippen LogP contribution is 2.08. The number of thiol groups is 1. The Hall–Kier alpha value is -1.35. The largest absolute Gasteiger partial charge is 0.388 e. The van der Waals surface area contributed by atoms with E-state index < -0.39 is 0 Å². The quantitative estimate of drug-likeness (QED) is 0.450. The molecule has 0 aromatic heterocycles. The minimum absolute atomic E-state index is 0.707. The number of unbranched alkanes of at least 4 members (excludes halogenated alkanes) is 2. The third-order valence-corrected chi connectivity index (χ3v) is 3.26. The van der Waals surface area contributed by atoms with E-state index in [-0.39, 0.29) is 0 Å². The Labute approximate surface area is 122 Å². The molecule has 19 heavy (non-hydrogen) atoms. The number of benzene rings is 1. The van der Waals surface area contributed by atoms with E-state index in [9.17, 15) is 0 Å². The van der Waals surface area contributed by atoms with Crippen molar-refractivity contribution in [1.29, 1.82) is 0 Å². The van der Waals surface area contributed by atoms with Crippen LogP contribution in [0.2, 0.25) is 0 Å². The van der Waals surface area contributed by atoms with Crippen molar-refractivity contribution in [2.45, 2.75) is 19.3 Å². The molecule has 0 unspecified atom stereocenters. The van der Waals surface area contributed by atoms with Crippen LogP contribution in [0.15, 0.2) is 49.2 Å². The van der Waals surface area contributed by atoms with Crippen LogP contribution in [0, 0.1) is 0 Å². The zero-order chi connectivity index (χ0) is 13.9. The first-order chi connectivity index (χ1) is 9.24. The third kappa shape index (κ3) is 6.97. The van der Waals surface area contributed by atoms with Crippen LogP contribution < -0.4 is 10.6 Å².